The second-order valence-electron chi connectivity index (χ2n) is 8.79. The predicted molar refractivity (Wildman–Crippen MR) is 124 cm³/mol. The zero-order valence-electron chi connectivity index (χ0n) is 18.4. The number of nitrogens with zero attached hydrogens (tertiary/aromatic N) is 4. The van der Waals surface area contributed by atoms with Gasteiger partial charge in [0.15, 0.2) is 5.78 Å². The summed E-state index contributed by atoms with van der Waals surface area (Å²) in [7, 11) is -3.89. The lowest BCUT2D eigenvalue weighted by Gasteiger charge is -2.25. The van der Waals surface area contributed by atoms with Crippen LogP contribution in [0.3, 0.4) is 0 Å². The molecule has 0 amide bonds. The maximum Gasteiger partial charge on any atom is 0.243 e. The molecule has 3 aromatic rings. The standard InChI is InChI=1S/C24H22ClFN4O3S/c1-14-27-12-17(13-28-14)21-8-15(9-23(25)29-21)2-7-22(31)24-16-10-19(11-16)30(24)34(32,33)20-5-3-18(26)4-6-20/h3-6,8-9,12-13,16,19,24H,2,7,10-11H2,1H3/t16?,19?,24-/m0/s1. The Balaban J connectivity index is 1.33. The molecule has 176 valence electrons. The monoisotopic (exact) mass is 500 g/mol. The number of aryl methyl sites for hydroxylation is 2. The van der Waals surface area contributed by atoms with Crippen LogP contribution >= 0.6 is 11.6 Å². The number of halogens is 2. The fourth-order valence-electron chi connectivity index (χ4n) is 4.79. The zero-order chi connectivity index (χ0) is 24.0. The molecule has 1 atom stereocenters. The van der Waals surface area contributed by atoms with Crippen LogP contribution in [0.5, 0.6) is 0 Å². The van der Waals surface area contributed by atoms with Gasteiger partial charge in [0.25, 0.3) is 0 Å². The van der Waals surface area contributed by atoms with E-state index in [-0.39, 0.29) is 29.1 Å². The van der Waals surface area contributed by atoms with Gasteiger partial charge in [-0.2, -0.15) is 4.31 Å². The van der Waals surface area contributed by atoms with E-state index < -0.39 is 21.9 Å². The molecule has 2 saturated heterocycles. The summed E-state index contributed by atoms with van der Waals surface area (Å²) in [5.74, 6) is 0.0365. The predicted octanol–water partition coefficient (Wildman–Crippen LogP) is 3.99. The molecule has 2 aliphatic heterocycles. The Morgan fingerprint density at radius 3 is 2.50 bits per heavy atom. The van der Waals surface area contributed by atoms with E-state index in [2.05, 4.69) is 15.0 Å². The van der Waals surface area contributed by atoms with E-state index in [1.807, 2.05) is 6.07 Å². The highest BCUT2D eigenvalue weighted by Gasteiger charge is 2.57. The van der Waals surface area contributed by atoms with Crippen molar-refractivity contribution in [3.63, 3.8) is 0 Å². The highest BCUT2D eigenvalue weighted by Crippen LogP contribution is 2.49. The van der Waals surface area contributed by atoms with E-state index in [4.69, 9.17) is 11.6 Å². The summed E-state index contributed by atoms with van der Waals surface area (Å²) in [6.45, 7) is 1.79. The van der Waals surface area contributed by atoms with Gasteiger partial charge in [-0.3, -0.25) is 4.79 Å². The van der Waals surface area contributed by atoms with Crippen molar-refractivity contribution in [3.8, 4) is 11.3 Å². The number of Topliss-reactive ketones (excluding diaryl/α,β-unsaturated/α-hetero) is 1. The Morgan fingerprint density at radius 1 is 1.15 bits per heavy atom. The Kier molecular flexibility index (Phi) is 5.95. The molecule has 1 aliphatic carbocycles. The molecular weight excluding hydrogens is 479 g/mol. The fourth-order valence-corrected chi connectivity index (χ4v) is 6.90. The molecule has 2 aromatic heterocycles. The lowest BCUT2D eigenvalue weighted by atomic mass is 9.81. The molecule has 7 nitrogen and oxygen atoms in total. The van der Waals surface area contributed by atoms with Crippen molar-refractivity contribution in [1.29, 1.82) is 0 Å². The zero-order valence-corrected chi connectivity index (χ0v) is 19.9. The smallest absolute Gasteiger partial charge is 0.243 e. The highest BCUT2D eigenvalue weighted by atomic mass is 35.5. The second kappa shape index (κ2) is 8.79. The van der Waals surface area contributed by atoms with Crippen LogP contribution in [0.2, 0.25) is 5.15 Å². The molecule has 0 unspecified atom stereocenters. The minimum Gasteiger partial charge on any atom is -0.298 e. The fraction of sp³-hybridized carbons (Fsp3) is 0.333. The molecule has 3 fully saturated rings. The maximum atomic E-state index is 13.3. The van der Waals surface area contributed by atoms with E-state index >= 15 is 0 Å². The lowest BCUT2D eigenvalue weighted by molar-refractivity contribution is -0.122. The molecule has 0 radical (unpaired) electrons. The number of carbonyl (C=O) groups is 1. The SMILES string of the molecule is Cc1ncc(-c2cc(CCC(=O)[C@@H]3C4CC(C4)N3S(=O)(=O)c3ccc(F)cc3)cc(Cl)n2)cn1. The van der Waals surface area contributed by atoms with Crippen molar-refractivity contribution in [2.24, 2.45) is 5.92 Å². The van der Waals surface area contributed by atoms with Crippen molar-refractivity contribution in [3.05, 3.63) is 71.2 Å². The van der Waals surface area contributed by atoms with Crippen LogP contribution in [0.15, 0.2) is 53.7 Å². The average molecular weight is 501 g/mol. The highest BCUT2D eigenvalue weighted by molar-refractivity contribution is 7.89. The third-order valence-electron chi connectivity index (χ3n) is 6.54. The Hall–Kier alpha value is -2.75. The van der Waals surface area contributed by atoms with Crippen molar-refractivity contribution < 1.29 is 17.6 Å². The molecule has 0 N–H and O–H groups in total. The van der Waals surface area contributed by atoms with E-state index in [0.29, 0.717) is 41.5 Å². The molecule has 1 saturated carbocycles. The van der Waals surface area contributed by atoms with Gasteiger partial charge in [-0.15, -0.1) is 0 Å². The van der Waals surface area contributed by atoms with E-state index in [1.165, 1.54) is 16.4 Å². The lowest BCUT2D eigenvalue weighted by Crippen LogP contribution is -2.41. The summed E-state index contributed by atoms with van der Waals surface area (Å²) in [5, 5.41) is 0.296. The number of carbonyl (C=O) groups excluding carboxylic acids is 1. The van der Waals surface area contributed by atoms with Gasteiger partial charge < -0.3 is 0 Å². The number of sulfonamides is 1. The summed E-state index contributed by atoms with van der Waals surface area (Å²) >= 11 is 6.21. The molecule has 10 heteroatoms. The molecule has 6 rings (SSSR count). The van der Waals surface area contributed by atoms with Crippen molar-refractivity contribution >= 4 is 27.4 Å². The summed E-state index contributed by atoms with van der Waals surface area (Å²) in [6, 6.07) is 7.40. The van der Waals surface area contributed by atoms with Crippen molar-refractivity contribution in [1.82, 2.24) is 19.3 Å². The van der Waals surface area contributed by atoms with Crippen LogP contribution in [0, 0.1) is 18.7 Å². The maximum absolute atomic E-state index is 13.3. The largest absolute Gasteiger partial charge is 0.298 e. The number of rotatable bonds is 7. The number of pyridine rings is 1. The summed E-state index contributed by atoms with van der Waals surface area (Å²) in [4.78, 5) is 25.9. The second-order valence-corrected chi connectivity index (χ2v) is 11.0. The average Bonchev–Trinajstić information content (AvgIpc) is 3.35. The number of ketones is 1. The van der Waals surface area contributed by atoms with Gasteiger partial charge >= 0.3 is 0 Å². The number of fused-ring (bicyclic) bond motifs is 1. The van der Waals surface area contributed by atoms with Crippen LogP contribution in [-0.2, 0) is 21.2 Å². The molecule has 34 heavy (non-hydrogen) atoms. The van der Waals surface area contributed by atoms with Gasteiger partial charge in [0, 0.05) is 30.4 Å². The van der Waals surface area contributed by atoms with Crippen LogP contribution in [-0.4, -0.2) is 45.5 Å². The summed E-state index contributed by atoms with van der Waals surface area (Å²) in [6.07, 6.45) is 5.26. The molecule has 4 heterocycles. The summed E-state index contributed by atoms with van der Waals surface area (Å²) < 4.78 is 41.2. The van der Waals surface area contributed by atoms with E-state index in [1.54, 1.807) is 25.4 Å². The number of benzene rings is 1. The molecule has 2 bridgehead atoms. The van der Waals surface area contributed by atoms with Gasteiger partial charge in [-0.25, -0.2) is 27.8 Å². The minimum absolute atomic E-state index is 0.00474. The third-order valence-corrected chi connectivity index (χ3v) is 8.68. The van der Waals surface area contributed by atoms with E-state index in [9.17, 15) is 17.6 Å². The van der Waals surface area contributed by atoms with Crippen molar-refractivity contribution in [2.45, 2.75) is 49.6 Å². The Morgan fingerprint density at radius 2 is 1.82 bits per heavy atom. The first-order valence-corrected chi connectivity index (χ1v) is 12.8. The van der Waals surface area contributed by atoms with Gasteiger partial charge in [0.1, 0.15) is 16.8 Å². The van der Waals surface area contributed by atoms with Gasteiger partial charge in [-0.1, -0.05) is 11.6 Å². The molecule has 1 aromatic carbocycles. The minimum atomic E-state index is -3.89. The topological polar surface area (TPSA) is 93.1 Å². The van der Waals surface area contributed by atoms with Crippen LogP contribution in [0.25, 0.3) is 11.3 Å². The first-order valence-electron chi connectivity index (χ1n) is 11.0. The van der Waals surface area contributed by atoms with Crippen molar-refractivity contribution in [2.75, 3.05) is 0 Å². The third kappa shape index (κ3) is 4.23. The molecular formula is C24H22ClFN4O3S. The van der Waals surface area contributed by atoms with E-state index in [0.717, 1.165) is 17.7 Å². The van der Waals surface area contributed by atoms with Gasteiger partial charge in [0.2, 0.25) is 10.0 Å². The first-order chi connectivity index (χ1) is 16.2. The van der Waals surface area contributed by atoms with Gasteiger partial charge in [-0.05, 0) is 74.1 Å². The van der Waals surface area contributed by atoms with Crippen LogP contribution in [0.1, 0.15) is 30.7 Å². The van der Waals surface area contributed by atoms with Gasteiger partial charge in [0.05, 0.1) is 16.6 Å². The normalized spacial score (nSPS) is 21.9. The number of aromatic nitrogens is 3. The first kappa shape index (κ1) is 23.0. The Labute approximate surface area is 202 Å². The summed E-state index contributed by atoms with van der Waals surface area (Å²) in [5.41, 5.74) is 2.15. The number of hydrogen-bond acceptors (Lipinski definition) is 6. The quantitative estimate of drug-likeness (QED) is 0.455. The molecule has 0 spiro atoms. The van der Waals surface area contributed by atoms with Crippen LogP contribution in [0.4, 0.5) is 4.39 Å². The van der Waals surface area contributed by atoms with Crippen LogP contribution < -0.4 is 0 Å². The molecule has 3 aliphatic rings. The Bertz CT molecular complexity index is 1340. The number of hydrogen-bond donors (Lipinski definition) is 0.